The lowest BCUT2D eigenvalue weighted by atomic mass is 9.98. The van der Waals surface area contributed by atoms with Crippen LogP contribution in [0.3, 0.4) is 0 Å². The lowest BCUT2D eigenvalue weighted by molar-refractivity contribution is 0.194. The van der Waals surface area contributed by atoms with Crippen molar-refractivity contribution in [1.82, 2.24) is 4.90 Å². The fourth-order valence-corrected chi connectivity index (χ4v) is 3.33. The molecular formula is C17H26N2. The van der Waals surface area contributed by atoms with E-state index in [-0.39, 0.29) is 0 Å². The third kappa shape index (κ3) is 3.11. The normalized spacial score (nSPS) is 24.2. The van der Waals surface area contributed by atoms with Gasteiger partial charge >= 0.3 is 0 Å². The van der Waals surface area contributed by atoms with E-state index in [9.17, 15) is 0 Å². The van der Waals surface area contributed by atoms with Crippen molar-refractivity contribution < 1.29 is 0 Å². The highest BCUT2D eigenvalue weighted by atomic mass is 15.1. The average molecular weight is 258 g/mol. The second kappa shape index (κ2) is 5.54. The summed E-state index contributed by atoms with van der Waals surface area (Å²) in [6, 6.07) is 7.59. The standard InChI is InChI=1S/C17H26N2/c1-13-5-8-19(9-6-13)10-7-15-3-4-17-16(12-15)11-14(2)18-17/h3-4,12-14,18H,5-11H2,1-2H3. The summed E-state index contributed by atoms with van der Waals surface area (Å²) in [7, 11) is 0. The van der Waals surface area contributed by atoms with E-state index in [2.05, 4.69) is 42.3 Å². The van der Waals surface area contributed by atoms with Gasteiger partial charge in [0.15, 0.2) is 0 Å². The Kier molecular flexibility index (Phi) is 3.79. The quantitative estimate of drug-likeness (QED) is 0.894. The molecule has 0 aromatic heterocycles. The summed E-state index contributed by atoms with van der Waals surface area (Å²) in [6.45, 7) is 8.46. The summed E-state index contributed by atoms with van der Waals surface area (Å²) < 4.78 is 0. The molecule has 1 atom stereocenters. The van der Waals surface area contributed by atoms with Crippen molar-refractivity contribution in [2.45, 2.75) is 45.6 Å². The Morgan fingerprint density at radius 2 is 2.00 bits per heavy atom. The topological polar surface area (TPSA) is 15.3 Å². The van der Waals surface area contributed by atoms with Gasteiger partial charge in [0, 0.05) is 18.3 Å². The summed E-state index contributed by atoms with van der Waals surface area (Å²) in [5.74, 6) is 0.934. The molecule has 0 radical (unpaired) electrons. The van der Waals surface area contributed by atoms with E-state index in [0.717, 1.165) is 5.92 Å². The molecule has 1 unspecified atom stereocenters. The van der Waals surface area contributed by atoms with Crippen molar-refractivity contribution in [3.05, 3.63) is 29.3 Å². The molecule has 2 aliphatic heterocycles. The maximum Gasteiger partial charge on any atom is 0.0375 e. The van der Waals surface area contributed by atoms with Gasteiger partial charge in [-0.15, -0.1) is 0 Å². The molecule has 2 nitrogen and oxygen atoms in total. The first-order chi connectivity index (χ1) is 9.20. The number of hydrogen-bond donors (Lipinski definition) is 1. The summed E-state index contributed by atoms with van der Waals surface area (Å²) in [4.78, 5) is 2.63. The van der Waals surface area contributed by atoms with Crippen LogP contribution in [0.25, 0.3) is 0 Å². The number of hydrogen-bond acceptors (Lipinski definition) is 2. The summed E-state index contributed by atoms with van der Waals surface area (Å²) >= 11 is 0. The number of nitrogens with zero attached hydrogens (tertiary/aromatic N) is 1. The summed E-state index contributed by atoms with van der Waals surface area (Å²) in [5, 5.41) is 3.52. The highest BCUT2D eigenvalue weighted by Gasteiger charge is 2.18. The first-order valence-electron chi connectivity index (χ1n) is 7.81. The number of piperidine rings is 1. The molecule has 1 aromatic rings. The fraction of sp³-hybridized carbons (Fsp3) is 0.647. The predicted octanol–water partition coefficient (Wildman–Crippen LogP) is 3.32. The SMILES string of the molecule is CC1CCN(CCc2ccc3c(c2)CC(C)N3)CC1. The van der Waals surface area contributed by atoms with E-state index >= 15 is 0 Å². The molecular weight excluding hydrogens is 232 g/mol. The number of likely N-dealkylation sites (tertiary alicyclic amines) is 1. The summed E-state index contributed by atoms with van der Waals surface area (Å²) in [5.41, 5.74) is 4.37. The Morgan fingerprint density at radius 3 is 2.79 bits per heavy atom. The van der Waals surface area contributed by atoms with Crippen molar-refractivity contribution >= 4 is 5.69 Å². The van der Waals surface area contributed by atoms with E-state index in [1.165, 1.54) is 62.1 Å². The fourth-order valence-electron chi connectivity index (χ4n) is 3.33. The first kappa shape index (κ1) is 13.0. The largest absolute Gasteiger partial charge is 0.382 e. The van der Waals surface area contributed by atoms with Crippen molar-refractivity contribution in [1.29, 1.82) is 0 Å². The maximum absolute atomic E-state index is 3.52. The Labute approximate surface area is 117 Å². The lowest BCUT2D eigenvalue weighted by Crippen LogP contribution is -2.34. The second-order valence-electron chi connectivity index (χ2n) is 6.52. The zero-order valence-corrected chi connectivity index (χ0v) is 12.3. The summed E-state index contributed by atoms with van der Waals surface area (Å²) in [6.07, 6.45) is 5.15. The molecule has 2 heterocycles. The van der Waals surface area contributed by atoms with Gasteiger partial charge in [0.2, 0.25) is 0 Å². The Morgan fingerprint density at radius 1 is 1.21 bits per heavy atom. The zero-order chi connectivity index (χ0) is 13.2. The van der Waals surface area contributed by atoms with Crippen LogP contribution in [0.4, 0.5) is 5.69 Å². The molecule has 2 heteroatoms. The second-order valence-corrected chi connectivity index (χ2v) is 6.52. The number of benzene rings is 1. The van der Waals surface area contributed by atoms with Crippen LogP contribution in [0.2, 0.25) is 0 Å². The van der Waals surface area contributed by atoms with Gasteiger partial charge < -0.3 is 10.2 Å². The molecule has 104 valence electrons. The third-order valence-electron chi connectivity index (χ3n) is 4.69. The minimum Gasteiger partial charge on any atom is -0.382 e. The van der Waals surface area contributed by atoms with E-state index < -0.39 is 0 Å². The van der Waals surface area contributed by atoms with E-state index in [0.29, 0.717) is 6.04 Å². The van der Waals surface area contributed by atoms with E-state index in [1.807, 2.05) is 0 Å². The monoisotopic (exact) mass is 258 g/mol. The van der Waals surface area contributed by atoms with Crippen molar-refractivity contribution in [2.75, 3.05) is 25.0 Å². The van der Waals surface area contributed by atoms with Gasteiger partial charge in [-0.1, -0.05) is 19.1 Å². The molecule has 1 fully saturated rings. The Hall–Kier alpha value is -1.02. The molecule has 3 rings (SSSR count). The number of fused-ring (bicyclic) bond motifs is 1. The van der Waals surface area contributed by atoms with E-state index in [4.69, 9.17) is 0 Å². The molecule has 0 amide bonds. The number of anilines is 1. The minimum atomic E-state index is 0.605. The molecule has 0 saturated carbocycles. The van der Waals surface area contributed by atoms with E-state index in [1.54, 1.807) is 0 Å². The molecule has 19 heavy (non-hydrogen) atoms. The van der Waals surface area contributed by atoms with Crippen LogP contribution < -0.4 is 5.32 Å². The number of rotatable bonds is 3. The highest BCUT2D eigenvalue weighted by molar-refractivity contribution is 5.57. The van der Waals surface area contributed by atoms with Crippen LogP contribution in [-0.2, 0) is 12.8 Å². The molecule has 0 aliphatic carbocycles. The Bertz CT molecular complexity index is 433. The molecule has 2 aliphatic rings. The first-order valence-corrected chi connectivity index (χ1v) is 7.81. The van der Waals surface area contributed by atoms with Gasteiger partial charge in [0.25, 0.3) is 0 Å². The smallest absolute Gasteiger partial charge is 0.0375 e. The molecule has 0 spiro atoms. The molecule has 0 bridgehead atoms. The van der Waals surface area contributed by atoms with Gasteiger partial charge in [0.1, 0.15) is 0 Å². The molecule has 1 aromatic carbocycles. The van der Waals surface area contributed by atoms with Crippen LogP contribution in [-0.4, -0.2) is 30.6 Å². The van der Waals surface area contributed by atoms with Gasteiger partial charge in [-0.2, -0.15) is 0 Å². The van der Waals surface area contributed by atoms with Gasteiger partial charge in [-0.05, 0) is 68.8 Å². The minimum absolute atomic E-state index is 0.605. The molecule has 1 N–H and O–H groups in total. The number of nitrogens with one attached hydrogen (secondary N) is 1. The molecule has 1 saturated heterocycles. The van der Waals surface area contributed by atoms with Gasteiger partial charge in [0.05, 0.1) is 0 Å². The predicted molar refractivity (Wildman–Crippen MR) is 81.8 cm³/mol. The van der Waals surface area contributed by atoms with Crippen LogP contribution >= 0.6 is 0 Å². The third-order valence-corrected chi connectivity index (χ3v) is 4.69. The highest BCUT2D eigenvalue weighted by Crippen LogP contribution is 2.26. The van der Waals surface area contributed by atoms with Crippen molar-refractivity contribution in [3.8, 4) is 0 Å². The zero-order valence-electron chi connectivity index (χ0n) is 12.3. The van der Waals surface area contributed by atoms with Crippen LogP contribution in [0.5, 0.6) is 0 Å². The van der Waals surface area contributed by atoms with Crippen molar-refractivity contribution in [3.63, 3.8) is 0 Å². The van der Waals surface area contributed by atoms with Crippen molar-refractivity contribution in [2.24, 2.45) is 5.92 Å². The van der Waals surface area contributed by atoms with Crippen LogP contribution in [0, 0.1) is 5.92 Å². The van der Waals surface area contributed by atoms with Gasteiger partial charge in [-0.25, -0.2) is 0 Å². The average Bonchev–Trinajstić information content (AvgIpc) is 2.77. The van der Waals surface area contributed by atoms with Gasteiger partial charge in [-0.3, -0.25) is 0 Å². The lowest BCUT2D eigenvalue weighted by Gasteiger charge is -2.30. The van der Waals surface area contributed by atoms with Crippen LogP contribution in [0.1, 0.15) is 37.8 Å². The maximum atomic E-state index is 3.52. The Balaban J connectivity index is 1.55. The van der Waals surface area contributed by atoms with Crippen LogP contribution in [0.15, 0.2) is 18.2 Å².